The summed E-state index contributed by atoms with van der Waals surface area (Å²) in [5, 5.41) is 2.80. The zero-order valence-corrected chi connectivity index (χ0v) is 16.1. The van der Waals surface area contributed by atoms with E-state index in [1.807, 2.05) is 37.4 Å². The van der Waals surface area contributed by atoms with Crippen LogP contribution in [0.25, 0.3) is 11.3 Å². The third-order valence-corrected chi connectivity index (χ3v) is 4.85. The molecule has 2 heterocycles. The molecule has 5 nitrogen and oxygen atoms in total. The number of carbonyl (C=O) groups is 1. The molecular weight excluding hydrogens is 340 g/mol. The van der Waals surface area contributed by atoms with Gasteiger partial charge < -0.3 is 14.8 Å². The van der Waals surface area contributed by atoms with E-state index in [-0.39, 0.29) is 18.3 Å². The highest BCUT2D eigenvalue weighted by atomic mass is 16.6. The minimum Gasteiger partial charge on any atom is -0.443 e. The number of aromatic nitrogens is 1. The minimum absolute atomic E-state index is 0.275. The first-order valence-corrected chi connectivity index (χ1v) is 9.80. The Hall–Kier alpha value is -2.40. The molecular formula is C22H28N2O3. The summed E-state index contributed by atoms with van der Waals surface area (Å²) in [7, 11) is 0. The van der Waals surface area contributed by atoms with Crippen molar-refractivity contribution >= 4 is 6.09 Å². The van der Waals surface area contributed by atoms with Gasteiger partial charge >= 0.3 is 6.09 Å². The molecule has 0 fully saturated rings. The van der Waals surface area contributed by atoms with Crippen molar-refractivity contribution < 1.29 is 14.3 Å². The van der Waals surface area contributed by atoms with Crippen molar-refractivity contribution in [3.05, 3.63) is 53.7 Å². The first kappa shape index (κ1) is 19.4. The van der Waals surface area contributed by atoms with E-state index in [4.69, 9.17) is 9.47 Å². The molecule has 0 bridgehead atoms. The topological polar surface area (TPSA) is 60.5 Å². The molecule has 1 amide bonds. The lowest BCUT2D eigenvalue weighted by Crippen LogP contribution is -2.32. The molecule has 2 atom stereocenters. The van der Waals surface area contributed by atoms with Gasteiger partial charge in [0.05, 0.1) is 5.69 Å². The van der Waals surface area contributed by atoms with Gasteiger partial charge in [-0.05, 0) is 49.4 Å². The van der Waals surface area contributed by atoms with Crippen LogP contribution in [0.15, 0.2) is 42.6 Å². The van der Waals surface area contributed by atoms with Gasteiger partial charge in [-0.25, -0.2) is 4.79 Å². The monoisotopic (exact) mass is 368 g/mol. The fourth-order valence-corrected chi connectivity index (χ4v) is 3.49. The molecule has 0 aliphatic carbocycles. The van der Waals surface area contributed by atoms with Gasteiger partial charge in [0, 0.05) is 24.9 Å². The van der Waals surface area contributed by atoms with Crippen molar-refractivity contribution in [2.24, 2.45) is 0 Å². The second kappa shape index (κ2) is 9.51. The number of carbonyl (C=O) groups excluding carboxylic acids is 1. The number of fused-ring (bicyclic) bond motifs is 1. The Bertz CT molecular complexity index is 748. The van der Waals surface area contributed by atoms with E-state index in [0.717, 1.165) is 42.5 Å². The molecule has 1 aromatic carbocycles. The van der Waals surface area contributed by atoms with Gasteiger partial charge in [0.25, 0.3) is 0 Å². The second-order valence-corrected chi connectivity index (χ2v) is 6.87. The summed E-state index contributed by atoms with van der Waals surface area (Å²) in [5.41, 5.74) is 4.41. The Morgan fingerprint density at radius 3 is 3.00 bits per heavy atom. The van der Waals surface area contributed by atoms with Gasteiger partial charge in [0.15, 0.2) is 0 Å². The molecule has 144 valence electrons. The number of alkyl carbamates (subject to hydrolysis) is 1. The van der Waals surface area contributed by atoms with Crippen LogP contribution in [-0.4, -0.2) is 30.3 Å². The van der Waals surface area contributed by atoms with Crippen molar-refractivity contribution in [2.75, 3.05) is 13.2 Å². The highest BCUT2D eigenvalue weighted by Gasteiger charge is 2.29. The van der Waals surface area contributed by atoms with Crippen LogP contribution in [0.3, 0.4) is 0 Å². The van der Waals surface area contributed by atoms with Crippen molar-refractivity contribution in [1.29, 1.82) is 0 Å². The molecule has 27 heavy (non-hydrogen) atoms. The maximum atomic E-state index is 12.1. The highest BCUT2D eigenvalue weighted by molar-refractivity contribution is 5.68. The number of rotatable bonds is 6. The summed E-state index contributed by atoms with van der Waals surface area (Å²) in [6.45, 7) is 5.26. The maximum absolute atomic E-state index is 12.1. The van der Waals surface area contributed by atoms with Crippen LogP contribution >= 0.6 is 0 Å². The van der Waals surface area contributed by atoms with Crippen LogP contribution in [0.2, 0.25) is 0 Å². The molecule has 3 rings (SSSR count). The van der Waals surface area contributed by atoms with Gasteiger partial charge in [0.1, 0.15) is 12.2 Å². The average molecular weight is 368 g/mol. The van der Waals surface area contributed by atoms with Crippen molar-refractivity contribution in [3.63, 3.8) is 0 Å². The first-order chi connectivity index (χ1) is 13.2. The average Bonchev–Trinajstić information content (AvgIpc) is 2.91. The molecule has 1 N–H and O–H groups in total. The SMILES string of the molecule is CCCCNC(=O)OC(C)C1OCCCc2c(-c3ccccn3)cccc21. The third kappa shape index (κ3) is 4.86. The Morgan fingerprint density at radius 1 is 1.33 bits per heavy atom. The van der Waals surface area contributed by atoms with E-state index in [1.165, 1.54) is 5.56 Å². The Labute approximate surface area is 161 Å². The van der Waals surface area contributed by atoms with E-state index in [2.05, 4.69) is 29.4 Å². The molecule has 0 saturated heterocycles. The summed E-state index contributed by atoms with van der Waals surface area (Å²) < 4.78 is 11.7. The number of hydrogen-bond acceptors (Lipinski definition) is 4. The standard InChI is InChI=1S/C22H28N2O3/c1-3-4-13-24-22(25)27-16(2)21-19-10-7-9-18(17(19)11-8-15-26-21)20-12-5-6-14-23-20/h5-7,9-10,12,14,16,21H,3-4,8,11,13,15H2,1-2H3,(H,24,25). The summed E-state index contributed by atoms with van der Waals surface area (Å²) in [4.78, 5) is 16.6. The number of pyridine rings is 1. The number of unbranched alkanes of at least 4 members (excludes halogenated alkanes) is 1. The normalized spacial score (nSPS) is 17.5. The first-order valence-electron chi connectivity index (χ1n) is 9.80. The third-order valence-electron chi connectivity index (χ3n) is 4.85. The number of benzene rings is 1. The van der Waals surface area contributed by atoms with Gasteiger partial charge in [-0.15, -0.1) is 0 Å². The van der Waals surface area contributed by atoms with Crippen LogP contribution in [0.1, 0.15) is 50.3 Å². The predicted molar refractivity (Wildman–Crippen MR) is 106 cm³/mol. The molecule has 5 heteroatoms. The van der Waals surface area contributed by atoms with Crippen molar-refractivity contribution in [2.45, 2.75) is 51.7 Å². The number of nitrogens with one attached hydrogen (secondary N) is 1. The molecule has 1 aliphatic heterocycles. The molecule has 0 radical (unpaired) electrons. The smallest absolute Gasteiger partial charge is 0.407 e. The largest absolute Gasteiger partial charge is 0.443 e. The van der Waals surface area contributed by atoms with E-state index in [1.54, 1.807) is 0 Å². The van der Waals surface area contributed by atoms with E-state index in [9.17, 15) is 4.79 Å². The molecule has 2 unspecified atom stereocenters. The van der Waals surface area contributed by atoms with Crippen molar-refractivity contribution in [3.8, 4) is 11.3 Å². The number of ether oxygens (including phenoxy) is 2. The second-order valence-electron chi connectivity index (χ2n) is 6.87. The van der Waals surface area contributed by atoms with Gasteiger partial charge in [-0.3, -0.25) is 4.98 Å². The number of amides is 1. The van der Waals surface area contributed by atoms with Crippen LogP contribution in [0.4, 0.5) is 4.79 Å². The fraction of sp³-hybridized carbons (Fsp3) is 0.455. The molecule has 1 aromatic heterocycles. The van der Waals surface area contributed by atoms with Gasteiger partial charge in [-0.1, -0.05) is 37.6 Å². The van der Waals surface area contributed by atoms with E-state index in [0.29, 0.717) is 13.2 Å². The summed E-state index contributed by atoms with van der Waals surface area (Å²) in [5.74, 6) is 0. The highest BCUT2D eigenvalue weighted by Crippen LogP contribution is 2.35. The van der Waals surface area contributed by atoms with Gasteiger partial charge in [0.2, 0.25) is 0 Å². The molecule has 0 saturated carbocycles. The Balaban J connectivity index is 1.82. The zero-order valence-electron chi connectivity index (χ0n) is 16.1. The Kier molecular flexibility index (Phi) is 6.82. The van der Waals surface area contributed by atoms with Crippen molar-refractivity contribution in [1.82, 2.24) is 10.3 Å². The lowest BCUT2D eigenvalue weighted by atomic mass is 9.91. The molecule has 2 aromatic rings. The summed E-state index contributed by atoms with van der Waals surface area (Å²) >= 11 is 0. The predicted octanol–water partition coefficient (Wildman–Crippen LogP) is 4.67. The van der Waals surface area contributed by atoms with E-state index >= 15 is 0 Å². The van der Waals surface area contributed by atoms with Gasteiger partial charge in [-0.2, -0.15) is 0 Å². The molecule has 0 spiro atoms. The molecule has 1 aliphatic rings. The Morgan fingerprint density at radius 2 is 2.22 bits per heavy atom. The quantitative estimate of drug-likeness (QED) is 0.753. The van der Waals surface area contributed by atoms with Crippen LogP contribution in [0, 0.1) is 0 Å². The lowest BCUT2D eigenvalue weighted by Gasteiger charge is -2.25. The summed E-state index contributed by atoms with van der Waals surface area (Å²) in [6.07, 6.45) is 4.62. The number of hydrogen-bond donors (Lipinski definition) is 1. The van der Waals surface area contributed by atoms with Crippen LogP contribution < -0.4 is 5.32 Å². The van der Waals surface area contributed by atoms with Crippen LogP contribution in [-0.2, 0) is 15.9 Å². The van der Waals surface area contributed by atoms with Crippen LogP contribution in [0.5, 0.6) is 0 Å². The van der Waals surface area contributed by atoms with E-state index < -0.39 is 0 Å². The lowest BCUT2D eigenvalue weighted by molar-refractivity contribution is -0.0360. The summed E-state index contributed by atoms with van der Waals surface area (Å²) in [6, 6.07) is 12.2. The fourth-order valence-electron chi connectivity index (χ4n) is 3.49. The zero-order chi connectivity index (χ0) is 19.1. The minimum atomic E-state index is -0.383. The maximum Gasteiger partial charge on any atom is 0.407 e. The number of nitrogens with zero attached hydrogens (tertiary/aromatic N) is 1.